The van der Waals surface area contributed by atoms with Gasteiger partial charge in [0.25, 0.3) is 0 Å². The first kappa shape index (κ1) is 29.1. The highest BCUT2D eigenvalue weighted by molar-refractivity contribution is 5.98. The van der Waals surface area contributed by atoms with Gasteiger partial charge < -0.3 is 26.0 Å². The molecule has 0 saturated carbocycles. The molecule has 2 aromatic heterocycles. The van der Waals surface area contributed by atoms with Crippen molar-refractivity contribution in [2.45, 2.75) is 57.0 Å². The first-order valence-corrected chi connectivity index (χ1v) is 15.3. The molecule has 4 heterocycles. The number of piperidine rings is 2. The van der Waals surface area contributed by atoms with E-state index in [9.17, 15) is 4.79 Å². The van der Waals surface area contributed by atoms with E-state index in [4.69, 9.17) is 21.3 Å². The second-order valence-corrected chi connectivity index (χ2v) is 12.2. The van der Waals surface area contributed by atoms with Crippen molar-refractivity contribution < 1.29 is 9.53 Å². The van der Waals surface area contributed by atoms with Crippen LogP contribution < -0.4 is 16.2 Å². The molecule has 0 spiro atoms. The molecular weight excluding hydrogens is 540 g/mol. The smallest absolute Gasteiger partial charge is 0.218 e. The van der Waals surface area contributed by atoms with Crippen molar-refractivity contribution in [3.8, 4) is 28.1 Å². The molecule has 0 bridgehead atoms. The van der Waals surface area contributed by atoms with Gasteiger partial charge in [-0.1, -0.05) is 37.3 Å². The SMILES string of the molecule is COc1cc(-c2nn(C3CCN(C4CCN(C)CC4)CC3)c3ncnc(N)c23)ccc1-c1cccc([C@H](C)CC(N)=O)c1. The molecule has 0 radical (unpaired) electrons. The van der Waals surface area contributed by atoms with Crippen molar-refractivity contribution in [3.05, 3.63) is 54.4 Å². The summed E-state index contributed by atoms with van der Waals surface area (Å²) in [6.45, 7) is 6.49. The van der Waals surface area contributed by atoms with E-state index in [1.807, 2.05) is 31.2 Å². The highest BCUT2D eigenvalue weighted by Gasteiger charge is 2.30. The van der Waals surface area contributed by atoms with Gasteiger partial charge in [-0.05, 0) is 75.0 Å². The van der Waals surface area contributed by atoms with E-state index in [2.05, 4.69) is 49.7 Å². The number of benzene rings is 2. The number of hydrogen-bond donors (Lipinski definition) is 2. The van der Waals surface area contributed by atoms with Gasteiger partial charge in [0.05, 0.1) is 18.5 Å². The van der Waals surface area contributed by atoms with Gasteiger partial charge in [-0.15, -0.1) is 0 Å². The lowest BCUT2D eigenvalue weighted by molar-refractivity contribution is -0.118. The summed E-state index contributed by atoms with van der Waals surface area (Å²) in [6.07, 6.45) is 6.38. The Balaban J connectivity index is 1.30. The normalized spacial score (nSPS) is 18.2. The minimum absolute atomic E-state index is 0.0252. The van der Waals surface area contributed by atoms with Crippen molar-refractivity contribution in [1.29, 1.82) is 0 Å². The van der Waals surface area contributed by atoms with Crippen LogP contribution in [0.15, 0.2) is 48.8 Å². The van der Waals surface area contributed by atoms with Gasteiger partial charge in [-0.2, -0.15) is 5.10 Å². The number of anilines is 1. The molecule has 2 aliphatic rings. The Labute approximate surface area is 253 Å². The van der Waals surface area contributed by atoms with E-state index in [1.165, 1.54) is 32.3 Å². The molecule has 4 N–H and O–H groups in total. The fraction of sp³-hybridized carbons (Fsp3) is 0.455. The lowest BCUT2D eigenvalue weighted by Crippen LogP contribution is -2.47. The molecule has 1 amide bonds. The fourth-order valence-electron chi connectivity index (χ4n) is 6.82. The maximum absolute atomic E-state index is 11.5. The molecule has 2 aromatic carbocycles. The third kappa shape index (κ3) is 5.94. The van der Waals surface area contributed by atoms with Crippen LogP contribution in [0.2, 0.25) is 0 Å². The summed E-state index contributed by atoms with van der Waals surface area (Å²) >= 11 is 0. The van der Waals surface area contributed by atoms with Gasteiger partial charge in [0.2, 0.25) is 5.91 Å². The Hall–Kier alpha value is -4.02. The van der Waals surface area contributed by atoms with E-state index in [1.54, 1.807) is 7.11 Å². The zero-order valence-electron chi connectivity index (χ0n) is 25.4. The van der Waals surface area contributed by atoms with Gasteiger partial charge in [0.15, 0.2) is 5.65 Å². The van der Waals surface area contributed by atoms with Crippen LogP contribution in [0.3, 0.4) is 0 Å². The topological polar surface area (TPSA) is 128 Å². The third-order valence-electron chi connectivity index (χ3n) is 9.32. The highest BCUT2D eigenvalue weighted by Crippen LogP contribution is 2.39. The second-order valence-electron chi connectivity index (χ2n) is 12.2. The number of amides is 1. The standard InChI is InChI=1S/C33H42N8O2/c1-21(17-29(34)42)22-5-4-6-23(18-22)27-8-7-24(19-28(27)43-3)31-30-32(35)36-20-37-33(30)41(38-31)26-11-15-40(16-12-26)25-9-13-39(2)14-10-25/h4-8,18-21,25-26H,9-17H2,1-3H3,(H2,34,42)(H2,35,36,37)/t21-/m1/s1. The Kier molecular flexibility index (Phi) is 8.32. The number of rotatable bonds is 8. The summed E-state index contributed by atoms with van der Waals surface area (Å²) in [7, 11) is 3.89. The highest BCUT2D eigenvalue weighted by atomic mass is 16.5. The van der Waals surface area contributed by atoms with Crippen LogP contribution in [0.1, 0.15) is 56.6 Å². The molecule has 1 atom stereocenters. The molecule has 43 heavy (non-hydrogen) atoms. The van der Waals surface area contributed by atoms with E-state index in [0.29, 0.717) is 18.3 Å². The number of methoxy groups -OCH3 is 1. The van der Waals surface area contributed by atoms with Crippen LogP contribution in [0, 0.1) is 0 Å². The van der Waals surface area contributed by atoms with E-state index in [-0.39, 0.29) is 17.9 Å². The zero-order valence-corrected chi connectivity index (χ0v) is 25.4. The number of fused-ring (bicyclic) bond motifs is 1. The molecule has 2 saturated heterocycles. The average molecular weight is 583 g/mol. The number of primary amides is 1. The lowest BCUT2D eigenvalue weighted by atomic mass is 9.93. The number of nitrogens with zero attached hydrogens (tertiary/aromatic N) is 6. The summed E-state index contributed by atoms with van der Waals surface area (Å²) in [4.78, 5) is 25.6. The first-order chi connectivity index (χ1) is 20.8. The minimum atomic E-state index is -0.308. The predicted octanol–water partition coefficient (Wildman–Crippen LogP) is 4.46. The number of carbonyl (C=O) groups excluding carboxylic acids is 1. The van der Waals surface area contributed by atoms with Crippen molar-refractivity contribution in [2.24, 2.45) is 5.73 Å². The van der Waals surface area contributed by atoms with E-state index >= 15 is 0 Å². The summed E-state index contributed by atoms with van der Waals surface area (Å²) in [6, 6.07) is 15.2. The Morgan fingerprint density at radius 3 is 2.47 bits per heavy atom. The number of hydrogen-bond acceptors (Lipinski definition) is 8. The van der Waals surface area contributed by atoms with Crippen LogP contribution in [0.25, 0.3) is 33.4 Å². The monoisotopic (exact) mass is 582 g/mol. The van der Waals surface area contributed by atoms with Crippen LogP contribution in [-0.4, -0.2) is 81.8 Å². The summed E-state index contributed by atoms with van der Waals surface area (Å²) in [5.41, 5.74) is 17.4. The lowest BCUT2D eigenvalue weighted by Gasteiger charge is -2.41. The fourth-order valence-corrected chi connectivity index (χ4v) is 6.82. The Morgan fingerprint density at radius 1 is 1.00 bits per heavy atom. The zero-order chi connectivity index (χ0) is 30.1. The third-order valence-corrected chi connectivity index (χ3v) is 9.32. The molecule has 2 aliphatic heterocycles. The Bertz CT molecular complexity index is 1600. The molecule has 6 rings (SSSR count). The summed E-state index contributed by atoms with van der Waals surface area (Å²) in [5.74, 6) is 0.866. The van der Waals surface area contributed by atoms with Gasteiger partial charge in [-0.25, -0.2) is 14.6 Å². The van der Waals surface area contributed by atoms with Gasteiger partial charge in [0.1, 0.15) is 23.6 Å². The van der Waals surface area contributed by atoms with Gasteiger partial charge in [0, 0.05) is 36.7 Å². The molecule has 4 aromatic rings. The summed E-state index contributed by atoms with van der Waals surface area (Å²) < 4.78 is 7.97. The molecule has 0 aliphatic carbocycles. The number of aromatic nitrogens is 4. The maximum atomic E-state index is 11.5. The largest absolute Gasteiger partial charge is 0.496 e. The van der Waals surface area contributed by atoms with Crippen LogP contribution in [0.4, 0.5) is 5.82 Å². The van der Waals surface area contributed by atoms with Crippen LogP contribution in [-0.2, 0) is 4.79 Å². The van der Waals surface area contributed by atoms with E-state index in [0.717, 1.165) is 70.7 Å². The average Bonchev–Trinajstić information content (AvgIpc) is 3.42. The van der Waals surface area contributed by atoms with Gasteiger partial charge >= 0.3 is 0 Å². The van der Waals surface area contributed by atoms with Crippen LogP contribution in [0.5, 0.6) is 5.75 Å². The molecule has 10 nitrogen and oxygen atoms in total. The maximum Gasteiger partial charge on any atom is 0.218 e. The quantitative estimate of drug-likeness (QED) is 0.312. The molecule has 0 unspecified atom stereocenters. The first-order valence-electron chi connectivity index (χ1n) is 15.3. The number of nitrogens with two attached hydrogens (primary N) is 2. The molecular formula is C33H42N8O2. The molecule has 10 heteroatoms. The number of nitrogen functional groups attached to an aromatic ring is 1. The van der Waals surface area contributed by atoms with Crippen LogP contribution >= 0.6 is 0 Å². The number of likely N-dealkylation sites (tertiary alicyclic amines) is 2. The number of ether oxygens (including phenoxy) is 1. The molecule has 226 valence electrons. The Morgan fingerprint density at radius 2 is 1.74 bits per heavy atom. The molecule has 2 fully saturated rings. The van der Waals surface area contributed by atoms with Gasteiger partial charge in [-0.3, -0.25) is 4.79 Å². The van der Waals surface area contributed by atoms with E-state index < -0.39 is 0 Å². The number of carbonyl (C=O) groups is 1. The minimum Gasteiger partial charge on any atom is -0.496 e. The van der Waals surface area contributed by atoms with Crippen molar-refractivity contribution in [1.82, 2.24) is 29.5 Å². The van der Waals surface area contributed by atoms with Crippen molar-refractivity contribution in [2.75, 3.05) is 46.1 Å². The predicted molar refractivity (Wildman–Crippen MR) is 170 cm³/mol. The van der Waals surface area contributed by atoms with Crippen molar-refractivity contribution >= 4 is 22.8 Å². The summed E-state index contributed by atoms with van der Waals surface area (Å²) in [5, 5.41) is 5.92. The van der Waals surface area contributed by atoms with Crippen molar-refractivity contribution in [3.63, 3.8) is 0 Å². The second kappa shape index (κ2) is 12.3.